The van der Waals surface area contributed by atoms with Crippen molar-refractivity contribution in [3.05, 3.63) is 27.7 Å². The first-order valence-electron chi connectivity index (χ1n) is 6.84. The Balaban J connectivity index is 2.21. The third-order valence-corrected chi connectivity index (χ3v) is 6.28. The van der Waals surface area contributed by atoms with Crippen LogP contribution in [0.1, 0.15) is 30.9 Å². The van der Waals surface area contributed by atoms with Crippen LogP contribution in [0.2, 0.25) is 0 Å². The lowest BCUT2D eigenvalue weighted by Gasteiger charge is -2.15. The van der Waals surface area contributed by atoms with E-state index in [1.807, 2.05) is 6.07 Å². The van der Waals surface area contributed by atoms with Crippen molar-refractivity contribution in [1.82, 2.24) is 4.72 Å². The summed E-state index contributed by atoms with van der Waals surface area (Å²) in [6, 6.07) is 3.52. The van der Waals surface area contributed by atoms with Crippen molar-refractivity contribution in [2.75, 3.05) is 6.54 Å². The summed E-state index contributed by atoms with van der Waals surface area (Å²) in [5.41, 5.74) is 7.14. The average molecular weight is 361 g/mol. The summed E-state index contributed by atoms with van der Waals surface area (Å²) in [5.74, 6) is 1.08. The van der Waals surface area contributed by atoms with E-state index >= 15 is 0 Å². The van der Waals surface area contributed by atoms with Crippen LogP contribution in [-0.2, 0) is 16.6 Å². The van der Waals surface area contributed by atoms with Crippen LogP contribution in [0.25, 0.3) is 0 Å². The van der Waals surface area contributed by atoms with Crippen molar-refractivity contribution in [2.24, 2.45) is 17.6 Å². The van der Waals surface area contributed by atoms with E-state index in [9.17, 15) is 8.42 Å². The maximum Gasteiger partial charge on any atom is 0.240 e. The smallest absolute Gasteiger partial charge is 0.240 e. The third kappa shape index (κ3) is 3.61. The lowest BCUT2D eigenvalue weighted by Crippen LogP contribution is -2.29. The molecule has 4 nitrogen and oxygen atoms in total. The van der Waals surface area contributed by atoms with Gasteiger partial charge in [-0.1, -0.05) is 22.9 Å². The summed E-state index contributed by atoms with van der Waals surface area (Å²) < 4.78 is 28.4. The third-order valence-electron chi connectivity index (χ3n) is 3.90. The van der Waals surface area contributed by atoms with Gasteiger partial charge in [-0.15, -0.1) is 0 Å². The molecule has 0 heterocycles. The Kier molecular flexibility index (Phi) is 4.89. The molecule has 1 saturated carbocycles. The molecule has 3 N–H and O–H groups in total. The number of nitrogens with two attached hydrogens (primary N) is 1. The molecule has 0 spiro atoms. The first kappa shape index (κ1) is 15.9. The van der Waals surface area contributed by atoms with E-state index in [1.54, 1.807) is 13.0 Å². The van der Waals surface area contributed by atoms with Crippen LogP contribution < -0.4 is 10.5 Å². The van der Waals surface area contributed by atoms with E-state index < -0.39 is 10.0 Å². The topological polar surface area (TPSA) is 72.2 Å². The largest absolute Gasteiger partial charge is 0.326 e. The first-order chi connectivity index (χ1) is 9.35. The molecular weight excluding hydrogens is 340 g/mol. The van der Waals surface area contributed by atoms with Gasteiger partial charge in [0.1, 0.15) is 0 Å². The molecule has 1 aliphatic carbocycles. The van der Waals surface area contributed by atoms with Gasteiger partial charge in [-0.3, -0.25) is 0 Å². The predicted octanol–water partition coefficient (Wildman–Crippen LogP) is 2.54. The van der Waals surface area contributed by atoms with Crippen molar-refractivity contribution in [3.63, 3.8) is 0 Å². The maximum atomic E-state index is 12.4. The Labute approximate surface area is 129 Å². The molecule has 0 aromatic heterocycles. The van der Waals surface area contributed by atoms with Crippen molar-refractivity contribution in [1.29, 1.82) is 0 Å². The SMILES string of the molecule is Cc1c(Br)cc(CN)cc1S(=O)(=O)NCC(C)C1CC1. The molecule has 1 unspecified atom stereocenters. The quantitative estimate of drug-likeness (QED) is 0.818. The highest BCUT2D eigenvalue weighted by molar-refractivity contribution is 9.10. The number of halogens is 1. The maximum absolute atomic E-state index is 12.4. The zero-order valence-corrected chi connectivity index (χ0v) is 14.2. The highest BCUT2D eigenvalue weighted by atomic mass is 79.9. The van der Waals surface area contributed by atoms with Crippen LogP contribution in [0, 0.1) is 18.8 Å². The second-order valence-corrected chi connectivity index (χ2v) is 8.16. The van der Waals surface area contributed by atoms with E-state index in [1.165, 1.54) is 12.8 Å². The molecule has 20 heavy (non-hydrogen) atoms. The molecule has 0 bridgehead atoms. The van der Waals surface area contributed by atoms with Crippen LogP contribution in [0.4, 0.5) is 0 Å². The van der Waals surface area contributed by atoms with Gasteiger partial charge in [-0.25, -0.2) is 13.1 Å². The van der Waals surface area contributed by atoms with Crippen molar-refractivity contribution >= 4 is 26.0 Å². The highest BCUT2D eigenvalue weighted by Gasteiger charge is 2.29. The molecule has 1 aromatic rings. The Bertz CT molecular complexity index is 597. The van der Waals surface area contributed by atoms with E-state index in [4.69, 9.17) is 5.73 Å². The van der Waals surface area contributed by atoms with Gasteiger partial charge in [0.2, 0.25) is 10.0 Å². The van der Waals surface area contributed by atoms with Crippen LogP contribution in [-0.4, -0.2) is 15.0 Å². The number of nitrogens with one attached hydrogen (secondary N) is 1. The summed E-state index contributed by atoms with van der Waals surface area (Å²) in [6.07, 6.45) is 2.44. The fourth-order valence-corrected chi connectivity index (χ4v) is 4.35. The number of sulfonamides is 1. The number of benzene rings is 1. The molecule has 1 fully saturated rings. The molecule has 0 saturated heterocycles. The molecule has 1 aromatic carbocycles. The van der Waals surface area contributed by atoms with E-state index in [2.05, 4.69) is 27.6 Å². The zero-order chi connectivity index (χ0) is 14.9. The fraction of sp³-hybridized carbons (Fsp3) is 0.571. The minimum atomic E-state index is -3.48. The molecule has 0 aliphatic heterocycles. The Morgan fingerprint density at radius 3 is 2.65 bits per heavy atom. The monoisotopic (exact) mass is 360 g/mol. The molecule has 0 radical (unpaired) electrons. The molecule has 112 valence electrons. The van der Waals surface area contributed by atoms with Gasteiger partial charge in [0, 0.05) is 17.6 Å². The second kappa shape index (κ2) is 6.13. The van der Waals surface area contributed by atoms with Crippen LogP contribution in [0.5, 0.6) is 0 Å². The van der Waals surface area contributed by atoms with Crippen LogP contribution in [0.3, 0.4) is 0 Å². The Hall–Kier alpha value is -0.430. The van der Waals surface area contributed by atoms with E-state index in [-0.39, 0.29) is 0 Å². The summed E-state index contributed by atoms with van der Waals surface area (Å²) >= 11 is 3.40. The molecule has 0 amide bonds. The van der Waals surface area contributed by atoms with Gasteiger partial charge in [0.25, 0.3) is 0 Å². The lowest BCUT2D eigenvalue weighted by molar-refractivity contribution is 0.491. The summed E-state index contributed by atoms with van der Waals surface area (Å²) in [4.78, 5) is 0.315. The van der Waals surface area contributed by atoms with Gasteiger partial charge in [0.05, 0.1) is 4.90 Å². The average Bonchev–Trinajstić information content (AvgIpc) is 3.23. The lowest BCUT2D eigenvalue weighted by atomic mass is 10.1. The summed E-state index contributed by atoms with van der Waals surface area (Å²) in [6.45, 7) is 4.71. The van der Waals surface area contributed by atoms with Gasteiger partial charge in [-0.2, -0.15) is 0 Å². The van der Waals surface area contributed by atoms with Gasteiger partial charge in [-0.05, 0) is 54.9 Å². The molecule has 1 aliphatic rings. The molecule has 6 heteroatoms. The molecule has 2 rings (SSSR count). The number of hydrogen-bond donors (Lipinski definition) is 2. The summed E-state index contributed by atoms with van der Waals surface area (Å²) in [7, 11) is -3.48. The van der Waals surface area contributed by atoms with Crippen molar-refractivity contribution < 1.29 is 8.42 Å². The van der Waals surface area contributed by atoms with Crippen molar-refractivity contribution in [3.8, 4) is 0 Å². The fourth-order valence-electron chi connectivity index (χ4n) is 2.25. The minimum Gasteiger partial charge on any atom is -0.326 e. The van der Waals surface area contributed by atoms with Gasteiger partial charge in [0.15, 0.2) is 0 Å². The molecular formula is C14H21BrN2O2S. The van der Waals surface area contributed by atoms with Gasteiger partial charge < -0.3 is 5.73 Å². The zero-order valence-electron chi connectivity index (χ0n) is 11.8. The molecule has 1 atom stereocenters. The number of hydrogen-bond acceptors (Lipinski definition) is 3. The Morgan fingerprint density at radius 1 is 1.45 bits per heavy atom. The highest BCUT2D eigenvalue weighted by Crippen LogP contribution is 2.36. The van der Waals surface area contributed by atoms with E-state index in [0.29, 0.717) is 35.4 Å². The van der Waals surface area contributed by atoms with Crippen LogP contribution >= 0.6 is 15.9 Å². The summed E-state index contributed by atoms with van der Waals surface area (Å²) in [5, 5.41) is 0. The second-order valence-electron chi connectivity index (χ2n) is 5.57. The Morgan fingerprint density at radius 2 is 2.10 bits per heavy atom. The number of rotatable bonds is 6. The van der Waals surface area contributed by atoms with Crippen LogP contribution in [0.15, 0.2) is 21.5 Å². The normalized spacial score (nSPS) is 17.2. The first-order valence-corrected chi connectivity index (χ1v) is 9.11. The van der Waals surface area contributed by atoms with Crippen molar-refractivity contribution in [2.45, 2.75) is 38.1 Å². The minimum absolute atomic E-state index is 0.315. The predicted molar refractivity (Wildman–Crippen MR) is 83.8 cm³/mol. The standard InChI is InChI=1S/C14H21BrN2O2S/c1-9(12-3-4-12)8-17-20(18,19)14-6-11(7-16)5-13(15)10(14)2/h5-6,9,12,17H,3-4,7-8,16H2,1-2H3. The van der Waals surface area contributed by atoms with E-state index in [0.717, 1.165) is 10.0 Å². The van der Waals surface area contributed by atoms with Gasteiger partial charge >= 0.3 is 0 Å².